The van der Waals surface area contributed by atoms with Crippen molar-refractivity contribution >= 4 is 5.69 Å². The fourth-order valence-electron chi connectivity index (χ4n) is 2.58. The Kier molecular flexibility index (Phi) is 3.92. The second kappa shape index (κ2) is 5.68. The molecule has 110 valence electrons. The summed E-state index contributed by atoms with van der Waals surface area (Å²) in [4.78, 5) is 11.5. The van der Waals surface area contributed by atoms with E-state index in [2.05, 4.69) is 28.7 Å². The quantitative estimate of drug-likeness (QED) is 0.831. The zero-order chi connectivity index (χ0) is 14.1. The second-order valence-corrected chi connectivity index (χ2v) is 6.66. The van der Waals surface area contributed by atoms with Gasteiger partial charge in [0.15, 0.2) is 0 Å². The van der Waals surface area contributed by atoms with E-state index in [4.69, 9.17) is 0 Å². The molecule has 2 aliphatic carbocycles. The zero-order valence-corrected chi connectivity index (χ0v) is 12.5. The molecular formula is C16H25N3O. The van der Waals surface area contributed by atoms with Crippen LogP contribution in [0.5, 0.6) is 0 Å². The summed E-state index contributed by atoms with van der Waals surface area (Å²) in [7, 11) is 0. The molecule has 2 aliphatic rings. The molecule has 3 rings (SSSR count). The minimum atomic E-state index is 0.00338. The van der Waals surface area contributed by atoms with E-state index in [-0.39, 0.29) is 6.61 Å². The molecule has 1 aromatic heterocycles. The molecule has 0 spiro atoms. The summed E-state index contributed by atoms with van der Waals surface area (Å²) in [6, 6.07) is 0. The fourth-order valence-corrected chi connectivity index (χ4v) is 2.58. The van der Waals surface area contributed by atoms with Gasteiger partial charge in [0.1, 0.15) is 5.82 Å². The highest BCUT2D eigenvalue weighted by atomic mass is 16.3. The number of aromatic nitrogens is 2. The van der Waals surface area contributed by atoms with Crippen LogP contribution in [0.1, 0.15) is 57.0 Å². The number of aliphatic hydroxyl groups is 1. The summed E-state index contributed by atoms with van der Waals surface area (Å²) in [5.41, 5.74) is 1.85. The van der Waals surface area contributed by atoms with Gasteiger partial charge in [-0.25, -0.2) is 9.97 Å². The lowest BCUT2D eigenvalue weighted by Crippen LogP contribution is -2.29. The van der Waals surface area contributed by atoms with Crippen LogP contribution in [0.3, 0.4) is 0 Å². The van der Waals surface area contributed by atoms with Crippen molar-refractivity contribution in [3.63, 3.8) is 0 Å². The van der Waals surface area contributed by atoms with Gasteiger partial charge in [0.2, 0.25) is 0 Å². The molecule has 2 saturated carbocycles. The van der Waals surface area contributed by atoms with E-state index in [1.807, 2.05) is 6.20 Å². The largest absolute Gasteiger partial charge is 0.390 e. The lowest BCUT2D eigenvalue weighted by atomic mass is 10.2. The first kappa shape index (κ1) is 13.8. The molecule has 0 bridgehead atoms. The summed E-state index contributed by atoms with van der Waals surface area (Å²) in [5, 5.41) is 9.66. The third-order valence-corrected chi connectivity index (χ3v) is 4.22. The Morgan fingerprint density at radius 3 is 2.25 bits per heavy atom. The smallest absolute Gasteiger partial charge is 0.131 e. The molecule has 1 heterocycles. The van der Waals surface area contributed by atoms with Crippen LogP contribution in [0.25, 0.3) is 0 Å². The first-order chi connectivity index (χ1) is 9.67. The van der Waals surface area contributed by atoms with E-state index in [9.17, 15) is 5.11 Å². The van der Waals surface area contributed by atoms with Crippen molar-refractivity contribution in [3.05, 3.63) is 17.7 Å². The van der Waals surface area contributed by atoms with Crippen molar-refractivity contribution in [1.29, 1.82) is 0 Å². The van der Waals surface area contributed by atoms with Crippen LogP contribution < -0.4 is 4.90 Å². The molecule has 0 saturated heterocycles. The van der Waals surface area contributed by atoms with Crippen LogP contribution in [0.15, 0.2) is 6.20 Å². The molecule has 0 aromatic carbocycles. The third-order valence-electron chi connectivity index (χ3n) is 4.22. The van der Waals surface area contributed by atoms with Crippen molar-refractivity contribution in [2.24, 2.45) is 11.8 Å². The first-order valence-electron chi connectivity index (χ1n) is 7.89. The van der Waals surface area contributed by atoms with E-state index in [0.29, 0.717) is 5.92 Å². The summed E-state index contributed by atoms with van der Waals surface area (Å²) < 4.78 is 0. The molecular weight excluding hydrogens is 250 g/mol. The van der Waals surface area contributed by atoms with Gasteiger partial charge in [-0.3, -0.25) is 0 Å². The Hall–Kier alpha value is -1.16. The second-order valence-electron chi connectivity index (χ2n) is 6.66. The predicted molar refractivity (Wildman–Crippen MR) is 79.7 cm³/mol. The van der Waals surface area contributed by atoms with Crippen LogP contribution in [0.4, 0.5) is 5.69 Å². The third kappa shape index (κ3) is 3.29. The van der Waals surface area contributed by atoms with Gasteiger partial charge in [0.05, 0.1) is 24.2 Å². The lowest BCUT2D eigenvalue weighted by molar-refractivity contribution is 0.276. The van der Waals surface area contributed by atoms with Gasteiger partial charge < -0.3 is 10.0 Å². The van der Waals surface area contributed by atoms with Gasteiger partial charge in [-0.05, 0) is 37.5 Å². The molecule has 0 unspecified atom stereocenters. The Morgan fingerprint density at radius 2 is 1.80 bits per heavy atom. The molecule has 20 heavy (non-hydrogen) atoms. The summed E-state index contributed by atoms with van der Waals surface area (Å²) in [6.07, 6.45) is 7.32. The average molecular weight is 275 g/mol. The van der Waals surface area contributed by atoms with E-state index < -0.39 is 0 Å². The first-order valence-corrected chi connectivity index (χ1v) is 7.89. The van der Waals surface area contributed by atoms with Crippen LogP contribution in [0.2, 0.25) is 0 Å². The highest BCUT2D eigenvalue weighted by Crippen LogP contribution is 2.36. The summed E-state index contributed by atoms with van der Waals surface area (Å²) in [6.45, 7) is 6.38. The number of aliphatic hydroxyl groups excluding tert-OH is 1. The number of rotatable bonds is 7. The van der Waals surface area contributed by atoms with Crippen molar-refractivity contribution in [2.45, 2.75) is 52.1 Å². The van der Waals surface area contributed by atoms with E-state index in [1.54, 1.807) is 0 Å². The van der Waals surface area contributed by atoms with Crippen LogP contribution in [-0.2, 0) is 6.61 Å². The molecule has 1 aromatic rings. The molecule has 4 heteroatoms. The van der Waals surface area contributed by atoms with Gasteiger partial charge in [-0.1, -0.05) is 13.8 Å². The SMILES string of the molecule is CC(C)c1ncc(N(CC2CC2)CC2CC2)c(CO)n1. The fraction of sp³-hybridized carbons (Fsp3) is 0.750. The minimum Gasteiger partial charge on any atom is -0.390 e. The number of hydrogen-bond donors (Lipinski definition) is 1. The van der Waals surface area contributed by atoms with Crippen molar-refractivity contribution in [2.75, 3.05) is 18.0 Å². The monoisotopic (exact) mass is 275 g/mol. The Bertz CT molecular complexity index is 453. The average Bonchev–Trinajstić information content (AvgIpc) is 3.32. The standard InChI is InChI=1S/C16H25N3O/c1-11(2)16-17-7-15(14(10-20)18-16)19(8-12-3-4-12)9-13-5-6-13/h7,11-13,20H,3-6,8-10H2,1-2H3. The Morgan fingerprint density at radius 1 is 1.20 bits per heavy atom. The maximum absolute atomic E-state index is 9.66. The van der Waals surface area contributed by atoms with Gasteiger partial charge in [-0.15, -0.1) is 0 Å². The molecule has 1 N–H and O–H groups in total. The normalized spacial score (nSPS) is 18.6. The highest BCUT2D eigenvalue weighted by molar-refractivity contribution is 5.49. The molecule has 4 nitrogen and oxygen atoms in total. The number of anilines is 1. The lowest BCUT2D eigenvalue weighted by Gasteiger charge is -2.26. The molecule has 0 radical (unpaired) electrons. The number of nitrogens with zero attached hydrogens (tertiary/aromatic N) is 3. The Labute approximate surface area is 121 Å². The van der Waals surface area contributed by atoms with Crippen molar-refractivity contribution in [1.82, 2.24) is 9.97 Å². The maximum Gasteiger partial charge on any atom is 0.131 e. The minimum absolute atomic E-state index is 0.00338. The molecule has 0 amide bonds. The molecule has 2 fully saturated rings. The van der Waals surface area contributed by atoms with Gasteiger partial charge in [0.25, 0.3) is 0 Å². The topological polar surface area (TPSA) is 49.2 Å². The Balaban J connectivity index is 1.83. The zero-order valence-electron chi connectivity index (χ0n) is 12.5. The maximum atomic E-state index is 9.66. The van der Waals surface area contributed by atoms with Crippen LogP contribution in [0, 0.1) is 11.8 Å². The summed E-state index contributed by atoms with van der Waals surface area (Å²) in [5.74, 6) is 2.81. The van der Waals surface area contributed by atoms with Crippen molar-refractivity contribution < 1.29 is 5.11 Å². The van der Waals surface area contributed by atoms with Crippen LogP contribution >= 0.6 is 0 Å². The predicted octanol–water partition coefficient (Wildman–Crippen LogP) is 2.72. The van der Waals surface area contributed by atoms with Gasteiger partial charge in [0, 0.05) is 19.0 Å². The van der Waals surface area contributed by atoms with Gasteiger partial charge >= 0.3 is 0 Å². The molecule has 0 atom stereocenters. The number of hydrogen-bond acceptors (Lipinski definition) is 4. The van der Waals surface area contributed by atoms with Gasteiger partial charge in [-0.2, -0.15) is 0 Å². The van der Waals surface area contributed by atoms with E-state index >= 15 is 0 Å². The van der Waals surface area contributed by atoms with E-state index in [1.165, 1.54) is 25.7 Å². The summed E-state index contributed by atoms with van der Waals surface area (Å²) >= 11 is 0. The highest BCUT2D eigenvalue weighted by Gasteiger charge is 2.30. The van der Waals surface area contributed by atoms with Crippen LogP contribution in [-0.4, -0.2) is 28.2 Å². The molecule has 0 aliphatic heterocycles. The van der Waals surface area contributed by atoms with Crippen molar-refractivity contribution in [3.8, 4) is 0 Å². The van der Waals surface area contributed by atoms with E-state index in [0.717, 1.165) is 42.1 Å².